The lowest BCUT2D eigenvalue weighted by Crippen LogP contribution is -2.02. The summed E-state index contributed by atoms with van der Waals surface area (Å²) >= 11 is 6.00. The van der Waals surface area contributed by atoms with E-state index in [4.69, 9.17) is 23.1 Å². The first-order valence-electron chi connectivity index (χ1n) is 5.82. The van der Waals surface area contributed by atoms with E-state index in [1.165, 1.54) is 6.07 Å². The lowest BCUT2D eigenvalue weighted by atomic mass is 10.0. The summed E-state index contributed by atoms with van der Waals surface area (Å²) < 4.78 is 14.2. The minimum atomic E-state index is -0.640. The number of anilines is 2. The molecule has 0 aliphatic rings. The zero-order valence-electron chi connectivity index (χ0n) is 10.3. The number of aromatic nitrogens is 2. The number of hydrogen-bond acceptors (Lipinski definition) is 4. The predicted molar refractivity (Wildman–Crippen MR) is 78.8 cm³/mol. The number of nitrogen functional groups attached to an aromatic ring is 2. The quantitative estimate of drug-likeness (QED) is 0.720. The lowest BCUT2D eigenvalue weighted by Gasteiger charge is -2.09. The van der Waals surface area contributed by atoms with E-state index in [1.807, 2.05) is 12.1 Å². The topological polar surface area (TPSA) is 77.8 Å². The van der Waals surface area contributed by atoms with Crippen molar-refractivity contribution >= 4 is 34.0 Å². The first-order chi connectivity index (χ1) is 9.56. The number of pyridine rings is 2. The van der Waals surface area contributed by atoms with E-state index < -0.39 is 5.82 Å². The third-order valence-electron chi connectivity index (χ3n) is 2.99. The Bertz CT molecular complexity index is 820. The maximum Gasteiger partial charge on any atom is 0.174 e. The summed E-state index contributed by atoms with van der Waals surface area (Å²) in [6.45, 7) is 0. The fraction of sp³-hybridized carbons (Fsp3) is 0. The molecule has 0 unspecified atom stereocenters. The highest BCUT2D eigenvalue weighted by Crippen LogP contribution is 2.32. The number of hydrogen-bond donors (Lipinski definition) is 2. The number of nitrogens with zero attached hydrogens (tertiary/aromatic N) is 2. The molecule has 0 aliphatic carbocycles. The summed E-state index contributed by atoms with van der Waals surface area (Å²) in [5.41, 5.74) is 11.8. The fourth-order valence-electron chi connectivity index (χ4n) is 2.10. The van der Waals surface area contributed by atoms with Crippen LogP contribution in [0.1, 0.15) is 0 Å². The van der Waals surface area contributed by atoms with E-state index in [2.05, 4.69) is 9.97 Å². The average Bonchev–Trinajstić information content (AvgIpc) is 2.42. The van der Waals surface area contributed by atoms with Crippen molar-refractivity contribution in [2.45, 2.75) is 0 Å². The molecule has 0 atom stereocenters. The van der Waals surface area contributed by atoms with Crippen LogP contribution >= 0.6 is 11.6 Å². The van der Waals surface area contributed by atoms with E-state index >= 15 is 0 Å². The van der Waals surface area contributed by atoms with Gasteiger partial charge < -0.3 is 11.5 Å². The summed E-state index contributed by atoms with van der Waals surface area (Å²) in [5, 5.41) is 2.17. The highest BCUT2D eigenvalue weighted by Gasteiger charge is 2.15. The number of fused-ring (bicyclic) bond motifs is 1. The fourth-order valence-corrected chi connectivity index (χ4v) is 2.27. The van der Waals surface area contributed by atoms with Crippen molar-refractivity contribution in [3.05, 3.63) is 47.4 Å². The molecule has 100 valence electrons. The molecule has 1 aromatic carbocycles. The molecule has 0 spiro atoms. The summed E-state index contributed by atoms with van der Waals surface area (Å²) in [5.74, 6) is -0.750. The van der Waals surface area contributed by atoms with Gasteiger partial charge in [-0.3, -0.25) is 4.98 Å². The van der Waals surface area contributed by atoms with Crippen LogP contribution in [0.2, 0.25) is 5.02 Å². The van der Waals surface area contributed by atoms with Gasteiger partial charge in [0.25, 0.3) is 0 Å². The van der Waals surface area contributed by atoms with E-state index in [0.717, 1.165) is 10.8 Å². The summed E-state index contributed by atoms with van der Waals surface area (Å²) in [6.07, 6.45) is 1.60. The zero-order valence-corrected chi connectivity index (χ0v) is 11.0. The first-order valence-corrected chi connectivity index (χ1v) is 6.20. The second kappa shape index (κ2) is 4.61. The third kappa shape index (κ3) is 2.02. The second-order valence-electron chi connectivity index (χ2n) is 4.32. The lowest BCUT2D eigenvalue weighted by molar-refractivity contribution is 0.631. The van der Waals surface area contributed by atoms with Crippen LogP contribution in [0, 0.1) is 5.82 Å². The molecule has 4 N–H and O–H groups in total. The molecule has 0 saturated heterocycles. The van der Waals surface area contributed by atoms with Crippen LogP contribution in [0.5, 0.6) is 0 Å². The SMILES string of the molecule is Nc1cc(-c2nccc3ccc(Cl)cc23)c(F)c(N)n1. The molecule has 0 saturated carbocycles. The van der Waals surface area contributed by atoms with Gasteiger partial charge in [0, 0.05) is 22.2 Å². The maximum absolute atomic E-state index is 14.2. The van der Waals surface area contributed by atoms with Gasteiger partial charge in [0.15, 0.2) is 11.6 Å². The number of halogens is 2. The minimum Gasteiger partial charge on any atom is -0.384 e. The monoisotopic (exact) mass is 288 g/mol. The number of benzene rings is 1. The summed E-state index contributed by atoms with van der Waals surface area (Å²) in [6, 6.07) is 8.56. The van der Waals surface area contributed by atoms with E-state index in [0.29, 0.717) is 10.7 Å². The normalized spacial score (nSPS) is 10.9. The van der Waals surface area contributed by atoms with Crippen LogP contribution in [0.15, 0.2) is 36.5 Å². The van der Waals surface area contributed by atoms with Gasteiger partial charge in [0.1, 0.15) is 5.82 Å². The summed E-state index contributed by atoms with van der Waals surface area (Å²) in [7, 11) is 0. The highest BCUT2D eigenvalue weighted by atomic mass is 35.5. The van der Waals surface area contributed by atoms with Crippen molar-refractivity contribution in [3.8, 4) is 11.3 Å². The van der Waals surface area contributed by atoms with Gasteiger partial charge in [-0.1, -0.05) is 17.7 Å². The number of rotatable bonds is 1. The molecule has 0 amide bonds. The van der Waals surface area contributed by atoms with Gasteiger partial charge in [0.2, 0.25) is 0 Å². The van der Waals surface area contributed by atoms with Crippen LogP contribution in [0.25, 0.3) is 22.0 Å². The Kier molecular flexibility index (Phi) is 2.91. The second-order valence-corrected chi connectivity index (χ2v) is 4.76. The Morgan fingerprint density at radius 2 is 1.90 bits per heavy atom. The van der Waals surface area contributed by atoms with Crippen molar-refractivity contribution in [2.24, 2.45) is 0 Å². The molecule has 6 heteroatoms. The molecule has 3 aromatic rings. The van der Waals surface area contributed by atoms with E-state index in [9.17, 15) is 4.39 Å². The van der Waals surface area contributed by atoms with Gasteiger partial charge in [-0.2, -0.15) is 0 Å². The largest absolute Gasteiger partial charge is 0.384 e. The van der Waals surface area contributed by atoms with Crippen LogP contribution in [-0.2, 0) is 0 Å². The van der Waals surface area contributed by atoms with E-state index in [-0.39, 0.29) is 17.2 Å². The van der Waals surface area contributed by atoms with Crippen LogP contribution in [-0.4, -0.2) is 9.97 Å². The van der Waals surface area contributed by atoms with Gasteiger partial charge in [-0.15, -0.1) is 0 Å². The Morgan fingerprint density at radius 3 is 2.70 bits per heavy atom. The molecule has 0 radical (unpaired) electrons. The highest BCUT2D eigenvalue weighted by molar-refractivity contribution is 6.31. The smallest absolute Gasteiger partial charge is 0.174 e. The van der Waals surface area contributed by atoms with Crippen molar-refractivity contribution in [2.75, 3.05) is 11.5 Å². The molecular weight excluding hydrogens is 279 g/mol. The Balaban J connectivity index is 2.38. The Labute approximate surface area is 119 Å². The van der Waals surface area contributed by atoms with Crippen LogP contribution < -0.4 is 11.5 Å². The average molecular weight is 289 g/mol. The Hall–Kier alpha value is -2.40. The summed E-state index contributed by atoms with van der Waals surface area (Å²) in [4.78, 5) is 7.91. The van der Waals surface area contributed by atoms with Crippen molar-refractivity contribution in [1.29, 1.82) is 0 Å². The first kappa shape index (κ1) is 12.6. The molecule has 0 bridgehead atoms. The molecule has 0 fully saturated rings. The molecule has 2 heterocycles. The van der Waals surface area contributed by atoms with Crippen LogP contribution in [0.4, 0.5) is 16.0 Å². The van der Waals surface area contributed by atoms with Gasteiger partial charge >= 0.3 is 0 Å². The molecule has 4 nitrogen and oxygen atoms in total. The maximum atomic E-state index is 14.2. The van der Waals surface area contributed by atoms with E-state index in [1.54, 1.807) is 18.3 Å². The molecule has 3 rings (SSSR count). The van der Waals surface area contributed by atoms with Gasteiger partial charge in [-0.05, 0) is 29.7 Å². The van der Waals surface area contributed by atoms with Gasteiger partial charge in [0.05, 0.1) is 5.69 Å². The molecular formula is C14H10ClFN4. The minimum absolute atomic E-state index is 0.139. The van der Waals surface area contributed by atoms with Crippen molar-refractivity contribution in [3.63, 3.8) is 0 Å². The zero-order chi connectivity index (χ0) is 14.3. The predicted octanol–water partition coefficient (Wildman–Crippen LogP) is 3.25. The third-order valence-corrected chi connectivity index (χ3v) is 3.22. The Morgan fingerprint density at radius 1 is 1.10 bits per heavy atom. The molecule has 0 aliphatic heterocycles. The molecule has 20 heavy (non-hydrogen) atoms. The standard InChI is InChI=1S/C14H10ClFN4/c15-8-2-1-7-3-4-19-13(9(7)5-8)10-6-11(17)20-14(18)12(10)16/h1-6H,(H4,17,18,20). The molecule has 2 aromatic heterocycles. The van der Waals surface area contributed by atoms with Crippen molar-refractivity contribution < 1.29 is 4.39 Å². The number of nitrogens with two attached hydrogens (primary N) is 2. The van der Waals surface area contributed by atoms with Gasteiger partial charge in [-0.25, -0.2) is 9.37 Å². The van der Waals surface area contributed by atoms with Crippen LogP contribution in [0.3, 0.4) is 0 Å². The van der Waals surface area contributed by atoms with Crippen molar-refractivity contribution in [1.82, 2.24) is 9.97 Å².